The standard InChI is InChI=1S/C25H27N3O2/c1-4-22(29)28-14-13-18-17-9-5-7-11-20(17)26-23(18)25(28)19-10-6-8-12-21(19)27(24(25)30)15-16(2)3/h5-12,16,26H,4,13-15H2,1-3H3/t25-/m1/s1. The maximum Gasteiger partial charge on any atom is 0.264 e. The Morgan fingerprint density at radius 1 is 1.13 bits per heavy atom. The minimum Gasteiger partial charge on any atom is -0.355 e. The molecular weight excluding hydrogens is 374 g/mol. The highest BCUT2D eigenvalue weighted by Crippen LogP contribution is 2.52. The lowest BCUT2D eigenvalue weighted by atomic mass is 9.79. The summed E-state index contributed by atoms with van der Waals surface area (Å²) in [4.78, 5) is 34.7. The second kappa shape index (κ2) is 6.73. The summed E-state index contributed by atoms with van der Waals surface area (Å²) < 4.78 is 0. The molecule has 30 heavy (non-hydrogen) atoms. The van der Waals surface area contributed by atoms with Gasteiger partial charge in [0.25, 0.3) is 5.91 Å². The molecule has 0 aliphatic carbocycles. The Labute approximate surface area is 176 Å². The van der Waals surface area contributed by atoms with E-state index in [0.29, 0.717) is 25.4 Å². The number of benzene rings is 2. The van der Waals surface area contributed by atoms with Gasteiger partial charge in [0.15, 0.2) is 5.54 Å². The first-order valence-corrected chi connectivity index (χ1v) is 10.8. The molecule has 5 heteroatoms. The van der Waals surface area contributed by atoms with Crippen molar-refractivity contribution in [3.05, 3.63) is 65.4 Å². The summed E-state index contributed by atoms with van der Waals surface area (Å²) in [6, 6.07) is 16.2. The smallest absolute Gasteiger partial charge is 0.264 e. The van der Waals surface area contributed by atoms with E-state index in [1.807, 2.05) is 59.2 Å². The fraction of sp³-hybridized carbons (Fsp3) is 0.360. The molecule has 5 nitrogen and oxygen atoms in total. The topological polar surface area (TPSA) is 56.4 Å². The van der Waals surface area contributed by atoms with Crippen LogP contribution >= 0.6 is 0 Å². The van der Waals surface area contributed by atoms with Crippen LogP contribution in [0.2, 0.25) is 0 Å². The lowest BCUT2D eigenvalue weighted by Gasteiger charge is -2.43. The molecule has 5 rings (SSSR count). The van der Waals surface area contributed by atoms with Crippen LogP contribution in [0.5, 0.6) is 0 Å². The molecule has 2 aromatic carbocycles. The van der Waals surface area contributed by atoms with Crippen molar-refractivity contribution in [1.82, 2.24) is 9.88 Å². The summed E-state index contributed by atoms with van der Waals surface area (Å²) in [5, 5.41) is 1.14. The van der Waals surface area contributed by atoms with Crippen molar-refractivity contribution in [1.29, 1.82) is 0 Å². The zero-order valence-corrected chi connectivity index (χ0v) is 17.7. The molecule has 2 amide bonds. The number of para-hydroxylation sites is 2. The van der Waals surface area contributed by atoms with Gasteiger partial charge in [0.2, 0.25) is 5.91 Å². The number of fused-ring (bicyclic) bond motifs is 6. The molecule has 0 saturated carbocycles. The highest BCUT2D eigenvalue weighted by atomic mass is 16.2. The largest absolute Gasteiger partial charge is 0.355 e. The Balaban J connectivity index is 1.85. The quantitative estimate of drug-likeness (QED) is 0.715. The lowest BCUT2D eigenvalue weighted by Crippen LogP contribution is -2.59. The van der Waals surface area contributed by atoms with Gasteiger partial charge in [-0.1, -0.05) is 57.2 Å². The number of carbonyl (C=O) groups excluding carboxylic acids is 2. The predicted molar refractivity (Wildman–Crippen MR) is 118 cm³/mol. The maximum atomic E-state index is 14.3. The van der Waals surface area contributed by atoms with Gasteiger partial charge in [0.1, 0.15) is 0 Å². The molecule has 1 spiro atoms. The second-order valence-corrected chi connectivity index (χ2v) is 8.71. The van der Waals surface area contributed by atoms with Gasteiger partial charge in [-0.2, -0.15) is 0 Å². The van der Waals surface area contributed by atoms with Gasteiger partial charge in [-0.05, 0) is 30.0 Å². The van der Waals surface area contributed by atoms with Crippen LogP contribution in [0.25, 0.3) is 10.9 Å². The number of hydrogen-bond acceptors (Lipinski definition) is 2. The number of H-pyrrole nitrogens is 1. The normalized spacial score (nSPS) is 20.3. The van der Waals surface area contributed by atoms with Crippen LogP contribution in [-0.4, -0.2) is 34.8 Å². The summed E-state index contributed by atoms with van der Waals surface area (Å²) in [5.74, 6) is 0.304. The number of nitrogens with zero attached hydrogens (tertiary/aromatic N) is 2. The third-order valence-corrected chi connectivity index (χ3v) is 6.46. The number of amides is 2. The Morgan fingerprint density at radius 2 is 1.87 bits per heavy atom. The van der Waals surface area contributed by atoms with Gasteiger partial charge < -0.3 is 14.8 Å². The van der Waals surface area contributed by atoms with Crippen molar-refractivity contribution in [2.45, 2.75) is 39.2 Å². The average molecular weight is 402 g/mol. The molecular formula is C25H27N3O2. The Hall–Kier alpha value is -3.08. The van der Waals surface area contributed by atoms with Crippen LogP contribution < -0.4 is 4.90 Å². The van der Waals surface area contributed by atoms with Crippen LogP contribution in [0.4, 0.5) is 5.69 Å². The summed E-state index contributed by atoms with van der Waals surface area (Å²) in [7, 11) is 0. The van der Waals surface area contributed by atoms with Gasteiger partial charge >= 0.3 is 0 Å². The second-order valence-electron chi connectivity index (χ2n) is 8.71. The van der Waals surface area contributed by atoms with Crippen LogP contribution in [0.3, 0.4) is 0 Å². The van der Waals surface area contributed by atoms with Crippen molar-refractivity contribution in [2.24, 2.45) is 5.92 Å². The fourth-order valence-corrected chi connectivity index (χ4v) is 5.28. The minimum atomic E-state index is -1.12. The van der Waals surface area contributed by atoms with Crippen LogP contribution in [0, 0.1) is 5.92 Å². The first kappa shape index (κ1) is 18.9. The third-order valence-electron chi connectivity index (χ3n) is 6.46. The molecule has 3 heterocycles. The molecule has 2 aliphatic heterocycles. The highest BCUT2D eigenvalue weighted by Gasteiger charge is 2.60. The number of hydrogen-bond donors (Lipinski definition) is 1. The van der Waals surface area contributed by atoms with E-state index in [0.717, 1.165) is 39.8 Å². The SMILES string of the molecule is CCC(=O)N1CCc2c([nH]c3ccccc23)[C@]12C(=O)N(CC(C)C)c1ccccc12. The number of aromatic nitrogens is 1. The van der Waals surface area contributed by atoms with Gasteiger partial charge in [-0.3, -0.25) is 9.59 Å². The van der Waals surface area contributed by atoms with Crippen molar-refractivity contribution in [2.75, 3.05) is 18.0 Å². The molecule has 1 N–H and O–H groups in total. The van der Waals surface area contributed by atoms with Crippen LogP contribution in [-0.2, 0) is 21.5 Å². The van der Waals surface area contributed by atoms with E-state index >= 15 is 0 Å². The zero-order valence-electron chi connectivity index (χ0n) is 17.7. The Bertz CT molecular complexity index is 1160. The van der Waals surface area contributed by atoms with Gasteiger partial charge in [-0.25, -0.2) is 0 Å². The predicted octanol–water partition coefficient (Wildman–Crippen LogP) is 4.21. The van der Waals surface area contributed by atoms with E-state index in [-0.39, 0.29) is 11.8 Å². The minimum absolute atomic E-state index is 0.00820. The summed E-state index contributed by atoms with van der Waals surface area (Å²) >= 11 is 0. The highest BCUT2D eigenvalue weighted by molar-refractivity contribution is 6.12. The Kier molecular flexibility index (Phi) is 4.24. The molecule has 0 unspecified atom stereocenters. The molecule has 0 saturated heterocycles. The zero-order chi connectivity index (χ0) is 21.0. The lowest BCUT2D eigenvalue weighted by molar-refractivity contribution is -0.144. The summed E-state index contributed by atoms with van der Waals surface area (Å²) in [6.07, 6.45) is 1.11. The fourth-order valence-electron chi connectivity index (χ4n) is 5.28. The first-order chi connectivity index (χ1) is 14.5. The van der Waals surface area contributed by atoms with Crippen LogP contribution in [0.15, 0.2) is 48.5 Å². The van der Waals surface area contributed by atoms with E-state index < -0.39 is 5.54 Å². The van der Waals surface area contributed by atoms with Gasteiger partial charge in [0.05, 0.1) is 11.4 Å². The maximum absolute atomic E-state index is 14.3. The molecule has 0 fully saturated rings. The number of carbonyl (C=O) groups is 2. The molecule has 1 aromatic heterocycles. The number of nitrogens with one attached hydrogen (secondary N) is 1. The molecule has 2 aliphatic rings. The van der Waals surface area contributed by atoms with Gasteiger partial charge in [-0.15, -0.1) is 0 Å². The van der Waals surface area contributed by atoms with E-state index in [1.54, 1.807) is 0 Å². The molecule has 3 aromatic rings. The third kappa shape index (κ3) is 2.35. The number of rotatable bonds is 3. The monoisotopic (exact) mass is 401 g/mol. The van der Waals surface area contributed by atoms with E-state index in [2.05, 4.69) is 24.9 Å². The van der Waals surface area contributed by atoms with Crippen LogP contribution in [0.1, 0.15) is 44.0 Å². The van der Waals surface area contributed by atoms with E-state index in [4.69, 9.17) is 0 Å². The van der Waals surface area contributed by atoms with Crippen molar-refractivity contribution in [3.8, 4) is 0 Å². The molecule has 1 atom stereocenters. The Morgan fingerprint density at radius 3 is 2.63 bits per heavy atom. The number of anilines is 1. The summed E-state index contributed by atoms with van der Waals surface area (Å²) in [6.45, 7) is 7.27. The van der Waals surface area contributed by atoms with E-state index in [1.165, 1.54) is 0 Å². The average Bonchev–Trinajstić information content (AvgIpc) is 3.24. The molecule has 0 radical (unpaired) electrons. The van der Waals surface area contributed by atoms with Gasteiger partial charge in [0, 0.05) is 36.0 Å². The van der Waals surface area contributed by atoms with Crippen molar-refractivity contribution >= 4 is 28.4 Å². The van der Waals surface area contributed by atoms with Crippen molar-refractivity contribution < 1.29 is 9.59 Å². The van der Waals surface area contributed by atoms with Crippen molar-refractivity contribution in [3.63, 3.8) is 0 Å². The summed E-state index contributed by atoms with van der Waals surface area (Å²) in [5.41, 5.74) is 3.73. The van der Waals surface area contributed by atoms with E-state index in [9.17, 15) is 9.59 Å². The molecule has 0 bridgehead atoms. The number of aromatic amines is 1. The first-order valence-electron chi connectivity index (χ1n) is 10.8. The molecule has 154 valence electrons.